The Labute approximate surface area is 321 Å². The number of fused-ring (bicyclic) bond motifs is 6. The lowest BCUT2D eigenvalue weighted by molar-refractivity contribution is -0.175. The lowest BCUT2D eigenvalue weighted by Gasteiger charge is -2.43. The number of aliphatic carboxylic acids is 1. The summed E-state index contributed by atoms with van der Waals surface area (Å²) in [4.78, 5) is 53.3. The van der Waals surface area contributed by atoms with Crippen molar-refractivity contribution >= 4 is 23.9 Å². The molecular weight excluding hydrogens is 692 g/mol. The second-order valence-corrected chi connectivity index (χ2v) is 18.1. The highest BCUT2D eigenvalue weighted by atomic mass is 16.7. The molecule has 7 rings (SSSR count). The Bertz CT molecular complexity index is 1330. The third kappa shape index (κ3) is 8.11. The Kier molecular flexibility index (Phi) is 13.0. The summed E-state index contributed by atoms with van der Waals surface area (Å²) in [6.07, 6.45) is 11.5. The number of rotatable bonds is 21. The van der Waals surface area contributed by atoms with Gasteiger partial charge in [-0.05, 0) is 155 Å². The first-order valence-corrected chi connectivity index (χ1v) is 21.7. The predicted octanol–water partition coefficient (Wildman–Crippen LogP) is 6.75. The smallest absolute Gasteiger partial charge is 0.311 e. The molecule has 1 N–H and O–H groups in total. The van der Waals surface area contributed by atoms with E-state index in [0.29, 0.717) is 92.5 Å². The fraction of sp³-hybridized carbons (Fsp3) is 0.907. The zero-order chi connectivity index (χ0) is 38.1. The van der Waals surface area contributed by atoms with Crippen molar-refractivity contribution in [1.29, 1.82) is 0 Å². The molecule has 1 heterocycles. The van der Waals surface area contributed by atoms with Gasteiger partial charge in [0.05, 0.1) is 30.3 Å². The lowest BCUT2D eigenvalue weighted by Crippen LogP contribution is -2.40. The number of ether oxygens (including phenoxy) is 6. The Morgan fingerprint density at radius 2 is 1.20 bits per heavy atom. The fourth-order valence-electron chi connectivity index (χ4n) is 13.7. The van der Waals surface area contributed by atoms with E-state index in [4.69, 9.17) is 28.4 Å². The van der Waals surface area contributed by atoms with E-state index in [-0.39, 0.29) is 55.2 Å². The largest absolute Gasteiger partial charge is 0.481 e. The number of carboxylic acid groups (broad SMARTS) is 1. The predicted molar refractivity (Wildman–Crippen MR) is 196 cm³/mol. The van der Waals surface area contributed by atoms with Gasteiger partial charge in [0.2, 0.25) is 0 Å². The molecule has 11 nitrogen and oxygen atoms in total. The third-order valence-corrected chi connectivity index (χ3v) is 16.0. The molecule has 17 atom stereocenters. The Morgan fingerprint density at radius 3 is 1.80 bits per heavy atom. The van der Waals surface area contributed by atoms with Crippen molar-refractivity contribution < 1.29 is 52.7 Å². The minimum absolute atomic E-state index is 0.0356. The third-order valence-electron chi connectivity index (χ3n) is 16.0. The van der Waals surface area contributed by atoms with E-state index in [1.165, 1.54) is 6.42 Å². The molecule has 6 bridgehead atoms. The van der Waals surface area contributed by atoms with Crippen molar-refractivity contribution in [2.75, 3.05) is 40.0 Å². The van der Waals surface area contributed by atoms with Crippen molar-refractivity contribution in [1.82, 2.24) is 0 Å². The molecule has 0 aromatic heterocycles. The van der Waals surface area contributed by atoms with Gasteiger partial charge >= 0.3 is 23.9 Å². The van der Waals surface area contributed by atoms with Crippen molar-refractivity contribution in [2.45, 2.75) is 111 Å². The molecule has 0 radical (unpaired) electrons. The number of hydrogen-bond acceptors (Lipinski definition) is 10. The van der Waals surface area contributed by atoms with Gasteiger partial charge in [-0.25, -0.2) is 0 Å². The van der Waals surface area contributed by atoms with Crippen LogP contribution in [0.1, 0.15) is 105 Å². The van der Waals surface area contributed by atoms with Crippen LogP contribution >= 0.6 is 0 Å². The first kappa shape index (κ1) is 40.0. The van der Waals surface area contributed by atoms with Crippen LogP contribution in [-0.4, -0.2) is 75.1 Å². The summed E-state index contributed by atoms with van der Waals surface area (Å²) >= 11 is 0. The van der Waals surface area contributed by atoms with Gasteiger partial charge in [0.1, 0.15) is 12.7 Å². The first-order valence-electron chi connectivity index (χ1n) is 21.7. The van der Waals surface area contributed by atoms with E-state index in [0.717, 1.165) is 57.8 Å². The number of carbonyl (C=O) groups excluding carboxylic acids is 3. The van der Waals surface area contributed by atoms with Crippen LogP contribution in [0.15, 0.2) is 0 Å². The van der Waals surface area contributed by atoms with Crippen molar-refractivity contribution in [3.8, 4) is 0 Å². The van der Waals surface area contributed by atoms with Crippen molar-refractivity contribution in [3.63, 3.8) is 0 Å². The highest BCUT2D eigenvalue weighted by Gasteiger charge is 2.61. The van der Waals surface area contributed by atoms with Gasteiger partial charge in [-0.2, -0.15) is 0 Å². The monoisotopic (exact) mass is 758 g/mol. The van der Waals surface area contributed by atoms with E-state index in [1.54, 1.807) is 0 Å². The maximum absolute atomic E-state index is 13.8. The van der Waals surface area contributed by atoms with Crippen LogP contribution in [0.3, 0.4) is 0 Å². The van der Waals surface area contributed by atoms with Crippen molar-refractivity contribution in [2.24, 2.45) is 94.7 Å². The molecule has 6 saturated carbocycles. The fourth-order valence-corrected chi connectivity index (χ4v) is 13.7. The van der Waals surface area contributed by atoms with Crippen LogP contribution in [0.2, 0.25) is 0 Å². The molecule has 6 aliphatic carbocycles. The average Bonchev–Trinajstić information content (AvgIpc) is 3.69. The molecule has 54 heavy (non-hydrogen) atoms. The minimum Gasteiger partial charge on any atom is -0.481 e. The van der Waals surface area contributed by atoms with Crippen molar-refractivity contribution in [3.05, 3.63) is 0 Å². The van der Waals surface area contributed by atoms with E-state index in [9.17, 15) is 24.3 Å². The number of epoxide rings is 1. The number of carbonyl (C=O) groups is 4. The molecule has 304 valence electrons. The molecule has 7 aliphatic rings. The highest BCUT2D eigenvalue weighted by Crippen LogP contribution is 2.66. The normalized spacial score (nSPS) is 40.9. The second-order valence-electron chi connectivity index (χ2n) is 18.1. The number of hydrogen-bond donors (Lipinski definition) is 1. The van der Waals surface area contributed by atoms with Gasteiger partial charge in [0.15, 0.2) is 13.6 Å². The topological polar surface area (TPSA) is 147 Å². The number of carboxylic acids is 1. The van der Waals surface area contributed by atoms with Crippen LogP contribution < -0.4 is 0 Å². The van der Waals surface area contributed by atoms with Gasteiger partial charge in [-0.3, -0.25) is 19.2 Å². The summed E-state index contributed by atoms with van der Waals surface area (Å²) in [6, 6.07) is 0. The first-order chi connectivity index (χ1) is 26.2. The average molecular weight is 759 g/mol. The molecule has 0 aromatic rings. The SMILES string of the molecule is CCOCOC(=O)C(CC)C(CC1C2CCC(C2)C1CC1C(CC2C(CC)C3CC(C(=O)O)C2C3)C2CC(C(=O)OCC3CO3)C1C2)C(=O)OCOCC. The molecule has 7 fully saturated rings. The summed E-state index contributed by atoms with van der Waals surface area (Å²) < 4.78 is 33.1. The summed E-state index contributed by atoms with van der Waals surface area (Å²) in [5.41, 5.74) is 0. The molecule has 0 amide bonds. The Hall–Kier alpha value is -2.24. The van der Waals surface area contributed by atoms with Crippen LogP contribution in [0, 0.1) is 94.7 Å². The Morgan fingerprint density at radius 1 is 0.648 bits per heavy atom. The van der Waals surface area contributed by atoms with E-state index in [1.807, 2.05) is 20.8 Å². The molecule has 17 unspecified atom stereocenters. The van der Waals surface area contributed by atoms with E-state index in [2.05, 4.69) is 6.92 Å². The molecule has 0 aromatic carbocycles. The molecule has 1 saturated heterocycles. The summed E-state index contributed by atoms with van der Waals surface area (Å²) in [7, 11) is 0. The van der Waals surface area contributed by atoms with Gasteiger partial charge in [0.25, 0.3) is 0 Å². The molecule has 11 heteroatoms. The summed E-state index contributed by atoms with van der Waals surface area (Å²) in [5, 5.41) is 10.2. The van der Waals surface area contributed by atoms with E-state index >= 15 is 0 Å². The Balaban J connectivity index is 1.13. The van der Waals surface area contributed by atoms with Gasteiger partial charge in [-0.15, -0.1) is 0 Å². The minimum atomic E-state index is -0.646. The summed E-state index contributed by atoms with van der Waals surface area (Å²) in [6.45, 7) is 9.47. The standard InChI is InChI=1S/C43H66O11/c1-5-28-25-12-33(37(14-25)40(44)45)35(28)17-32-26-13-34(38(15-26)42(47)52-20-27-19-51-27)36(32)16-30-23-9-10-24(11-23)31(30)18-39(43(48)54-22-50-8-4)29(6-2)41(46)53-21-49-7-3/h23-39H,5-22H2,1-4H3,(H,44,45). The maximum atomic E-state index is 13.8. The summed E-state index contributed by atoms with van der Waals surface area (Å²) in [5.74, 6) is 1.83. The highest BCUT2D eigenvalue weighted by molar-refractivity contribution is 5.82. The molecular formula is C43H66O11. The van der Waals surface area contributed by atoms with Gasteiger partial charge in [-0.1, -0.05) is 20.3 Å². The van der Waals surface area contributed by atoms with Crippen LogP contribution in [0.25, 0.3) is 0 Å². The lowest BCUT2D eigenvalue weighted by atomic mass is 9.61. The van der Waals surface area contributed by atoms with Crippen LogP contribution in [0.5, 0.6) is 0 Å². The zero-order valence-electron chi connectivity index (χ0n) is 33.1. The molecule has 0 spiro atoms. The zero-order valence-corrected chi connectivity index (χ0v) is 33.1. The number of esters is 3. The van der Waals surface area contributed by atoms with Gasteiger partial charge in [0, 0.05) is 13.2 Å². The van der Waals surface area contributed by atoms with Gasteiger partial charge < -0.3 is 33.5 Å². The molecule has 1 aliphatic heterocycles. The van der Waals surface area contributed by atoms with Crippen LogP contribution in [-0.2, 0) is 47.6 Å². The second kappa shape index (κ2) is 17.5. The quantitative estimate of drug-likeness (QED) is 0.0436. The van der Waals surface area contributed by atoms with E-state index < -0.39 is 29.7 Å². The maximum Gasteiger partial charge on any atom is 0.311 e. The van der Waals surface area contributed by atoms with Crippen LogP contribution in [0.4, 0.5) is 0 Å².